The summed E-state index contributed by atoms with van der Waals surface area (Å²) in [5.74, 6) is 0. The van der Waals surface area contributed by atoms with Crippen LogP contribution in [0.2, 0.25) is 0 Å². The Morgan fingerprint density at radius 3 is 2.70 bits per heavy atom. The molecule has 0 aliphatic carbocycles. The zero-order chi connectivity index (χ0) is 15.0. The van der Waals surface area contributed by atoms with Gasteiger partial charge in [-0.3, -0.25) is 0 Å². The van der Waals surface area contributed by atoms with E-state index >= 15 is 0 Å². The zero-order valence-corrected chi connectivity index (χ0v) is 13.4. The molecule has 1 aromatic rings. The predicted octanol–water partition coefficient (Wildman–Crippen LogP) is 4.82. The molecule has 1 unspecified atom stereocenters. The zero-order valence-electron chi connectivity index (χ0n) is 13.4. The van der Waals surface area contributed by atoms with E-state index in [0.717, 1.165) is 12.1 Å². The second-order valence-electron chi connectivity index (χ2n) is 6.46. The van der Waals surface area contributed by atoms with Crippen LogP contribution in [0, 0.1) is 16.7 Å². The SMILES string of the molecule is CCCCCC(C)(C)CNC(C)c1cccc(C#N)c1. The minimum absolute atomic E-state index is 0.286. The Balaban J connectivity index is 2.49. The van der Waals surface area contributed by atoms with Gasteiger partial charge in [0.25, 0.3) is 0 Å². The molecule has 0 amide bonds. The Bertz CT molecular complexity index is 443. The van der Waals surface area contributed by atoms with Crippen LogP contribution in [0.4, 0.5) is 0 Å². The fourth-order valence-electron chi connectivity index (χ4n) is 2.37. The molecule has 0 spiro atoms. The van der Waals surface area contributed by atoms with Gasteiger partial charge in [-0.2, -0.15) is 5.26 Å². The monoisotopic (exact) mass is 272 g/mol. The molecule has 0 radical (unpaired) electrons. The molecule has 2 nitrogen and oxygen atoms in total. The first-order valence-corrected chi connectivity index (χ1v) is 7.72. The van der Waals surface area contributed by atoms with Crippen molar-refractivity contribution in [1.82, 2.24) is 5.32 Å². The molecular weight excluding hydrogens is 244 g/mol. The van der Waals surface area contributed by atoms with Crippen LogP contribution in [0.15, 0.2) is 24.3 Å². The first-order valence-electron chi connectivity index (χ1n) is 7.72. The molecular formula is C18H28N2. The van der Waals surface area contributed by atoms with E-state index in [1.165, 1.54) is 31.2 Å². The van der Waals surface area contributed by atoms with Gasteiger partial charge in [-0.1, -0.05) is 52.2 Å². The molecule has 0 saturated heterocycles. The van der Waals surface area contributed by atoms with E-state index in [4.69, 9.17) is 5.26 Å². The average molecular weight is 272 g/mol. The highest BCUT2D eigenvalue weighted by atomic mass is 14.9. The Morgan fingerprint density at radius 1 is 1.30 bits per heavy atom. The highest BCUT2D eigenvalue weighted by molar-refractivity contribution is 5.34. The maximum atomic E-state index is 8.95. The lowest BCUT2D eigenvalue weighted by molar-refractivity contribution is 0.291. The van der Waals surface area contributed by atoms with Crippen molar-refractivity contribution in [1.29, 1.82) is 5.26 Å². The Kier molecular flexibility index (Phi) is 6.75. The number of nitrogens with zero attached hydrogens (tertiary/aromatic N) is 1. The Morgan fingerprint density at radius 2 is 2.05 bits per heavy atom. The summed E-state index contributed by atoms with van der Waals surface area (Å²) in [6, 6.07) is 10.4. The van der Waals surface area contributed by atoms with Gasteiger partial charge in [0.15, 0.2) is 0 Å². The standard InChI is InChI=1S/C18H28N2/c1-5-6-7-11-18(3,4)14-20-15(2)17-10-8-9-16(12-17)13-19/h8-10,12,15,20H,5-7,11,14H2,1-4H3. The van der Waals surface area contributed by atoms with Gasteiger partial charge in [0.05, 0.1) is 11.6 Å². The largest absolute Gasteiger partial charge is 0.310 e. The lowest BCUT2D eigenvalue weighted by atomic mass is 9.86. The van der Waals surface area contributed by atoms with E-state index < -0.39 is 0 Å². The normalized spacial score (nSPS) is 12.9. The third kappa shape index (κ3) is 5.75. The molecule has 1 rings (SSSR count). The van der Waals surface area contributed by atoms with Crippen LogP contribution in [0.25, 0.3) is 0 Å². The molecule has 20 heavy (non-hydrogen) atoms. The lowest BCUT2D eigenvalue weighted by Gasteiger charge is -2.27. The predicted molar refractivity (Wildman–Crippen MR) is 85.5 cm³/mol. The van der Waals surface area contributed by atoms with Gasteiger partial charge in [-0.15, -0.1) is 0 Å². The summed E-state index contributed by atoms with van der Waals surface area (Å²) in [7, 11) is 0. The number of nitrogens with one attached hydrogen (secondary N) is 1. The molecule has 110 valence electrons. The number of benzene rings is 1. The van der Waals surface area contributed by atoms with Crippen LogP contribution in [0.1, 0.15) is 70.5 Å². The van der Waals surface area contributed by atoms with Crippen molar-refractivity contribution in [2.45, 2.75) is 59.4 Å². The van der Waals surface area contributed by atoms with Crippen LogP contribution >= 0.6 is 0 Å². The van der Waals surface area contributed by atoms with E-state index in [2.05, 4.69) is 45.1 Å². The van der Waals surface area contributed by atoms with Gasteiger partial charge in [0.2, 0.25) is 0 Å². The summed E-state index contributed by atoms with van der Waals surface area (Å²) in [6.07, 6.45) is 5.17. The molecule has 0 fully saturated rings. The molecule has 1 aromatic carbocycles. The summed E-state index contributed by atoms with van der Waals surface area (Å²) >= 11 is 0. The van der Waals surface area contributed by atoms with E-state index in [1.54, 1.807) is 0 Å². The van der Waals surface area contributed by atoms with E-state index in [9.17, 15) is 0 Å². The summed E-state index contributed by atoms with van der Waals surface area (Å²) < 4.78 is 0. The highest BCUT2D eigenvalue weighted by Gasteiger charge is 2.18. The highest BCUT2D eigenvalue weighted by Crippen LogP contribution is 2.24. The summed E-state index contributed by atoms with van der Waals surface area (Å²) in [5, 5.41) is 12.6. The number of hydrogen-bond acceptors (Lipinski definition) is 2. The molecule has 0 aromatic heterocycles. The van der Waals surface area contributed by atoms with Crippen LogP contribution in [0.5, 0.6) is 0 Å². The molecule has 2 heteroatoms. The Hall–Kier alpha value is -1.33. The first kappa shape index (κ1) is 16.7. The third-order valence-corrected chi connectivity index (χ3v) is 3.86. The van der Waals surface area contributed by atoms with Crippen molar-refractivity contribution in [3.8, 4) is 6.07 Å². The van der Waals surface area contributed by atoms with Crippen molar-refractivity contribution in [3.05, 3.63) is 35.4 Å². The first-order chi connectivity index (χ1) is 9.48. The fraction of sp³-hybridized carbons (Fsp3) is 0.611. The molecule has 0 heterocycles. The van der Waals surface area contributed by atoms with Gasteiger partial charge in [-0.25, -0.2) is 0 Å². The minimum atomic E-state index is 0.286. The van der Waals surface area contributed by atoms with E-state index in [0.29, 0.717) is 5.41 Å². The van der Waals surface area contributed by atoms with Crippen LogP contribution < -0.4 is 5.32 Å². The van der Waals surface area contributed by atoms with Crippen molar-refractivity contribution < 1.29 is 0 Å². The van der Waals surface area contributed by atoms with Gasteiger partial charge >= 0.3 is 0 Å². The third-order valence-electron chi connectivity index (χ3n) is 3.86. The van der Waals surface area contributed by atoms with Crippen molar-refractivity contribution in [3.63, 3.8) is 0 Å². The smallest absolute Gasteiger partial charge is 0.0991 e. The summed E-state index contributed by atoms with van der Waals surface area (Å²) in [5.41, 5.74) is 2.25. The lowest BCUT2D eigenvalue weighted by Crippen LogP contribution is -2.31. The second-order valence-corrected chi connectivity index (χ2v) is 6.46. The van der Waals surface area contributed by atoms with Gasteiger partial charge in [0, 0.05) is 12.6 Å². The molecule has 1 N–H and O–H groups in total. The number of rotatable bonds is 8. The quantitative estimate of drug-likeness (QED) is 0.689. The van der Waals surface area contributed by atoms with E-state index in [-0.39, 0.29) is 6.04 Å². The van der Waals surface area contributed by atoms with Gasteiger partial charge < -0.3 is 5.32 Å². The number of nitriles is 1. The molecule has 1 atom stereocenters. The fourth-order valence-corrected chi connectivity index (χ4v) is 2.37. The molecule has 0 bridgehead atoms. The van der Waals surface area contributed by atoms with Crippen molar-refractivity contribution >= 4 is 0 Å². The number of unbranched alkanes of at least 4 members (excludes halogenated alkanes) is 2. The molecule has 0 aliphatic heterocycles. The van der Waals surface area contributed by atoms with Crippen LogP contribution in [-0.4, -0.2) is 6.54 Å². The maximum absolute atomic E-state index is 8.95. The second kappa shape index (κ2) is 8.07. The van der Waals surface area contributed by atoms with Crippen LogP contribution in [0.3, 0.4) is 0 Å². The Labute approximate surface area is 124 Å². The topological polar surface area (TPSA) is 35.8 Å². The number of hydrogen-bond donors (Lipinski definition) is 1. The van der Waals surface area contributed by atoms with Gasteiger partial charge in [0.1, 0.15) is 0 Å². The average Bonchev–Trinajstić information content (AvgIpc) is 2.45. The van der Waals surface area contributed by atoms with E-state index in [1.807, 2.05) is 18.2 Å². The molecule has 0 saturated carbocycles. The van der Waals surface area contributed by atoms with Crippen molar-refractivity contribution in [2.75, 3.05) is 6.54 Å². The molecule has 0 aliphatic rings. The van der Waals surface area contributed by atoms with Gasteiger partial charge in [-0.05, 0) is 36.5 Å². The maximum Gasteiger partial charge on any atom is 0.0991 e. The van der Waals surface area contributed by atoms with Crippen molar-refractivity contribution in [2.24, 2.45) is 5.41 Å². The summed E-state index contributed by atoms with van der Waals surface area (Å²) in [6.45, 7) is 10.1. The summed E-state index contributed by atoms with van der Waals surface area (Å²) in [4.78, 5) is 0. The van der Waals surface area contributed by atoms with Crippen LogP contribution in [-0.2, 0) is 0 Å². The minimum Gasteiger partial charge on any atom is -0.310 e.